The molecule has 396 valence electrons. The SMILES string of the molecule is O=C(O)C1OC(OCC2OC(OCC3OC(OCC4OC(OCC5OC(OCC6OC(O)C(O)C(O)C6O)C(O)C(O)C5O)C(O)C(O)C4O)C(O)C(O)C3O)C(O)C(O)C2O)C(O)C(O)C1O. The monoisotopic (exact) mass is 1000 g/mol. The first-order valence-corrected chi connectivity index (χ1v) is 21.1. The Labute approximate surface area is 382 Å². The zero-order valence-corrected chi connectivity index (χ0v) is 35.2. The Kier molecular flexibility index (Phi) is 19.2. The molecule has 6 fully saturated rings. The highest BCUT2D eigenvalue weighted by Gasteiger charge is 2.53. The molecule has 0 aliphatic carbocycles. The minimum absolute atomic E-state index is 0.700. The number of aliphatic carboxylic acids is 1. The molecule has 6 rings (SSSR count). The van der Waals surface area contributed by atoms with E-state index in [2.05, 4.69) is 0 Å². The Hall–Kier alpha value is -1.73. The molecule has 6 aliphatic rings. The van der Waals surface area contributed by atoms with Crippen molar-refractivity contribution in [1.82, 2.24) is 0 Å². The second-order valence-electron chi connectivity index (χ2n) is 17.0. The van der Waals surface area contributed by atoms with Gasteiger partial charge in [0.2, 0.25) is 0 Å². The van der Waals surface area contributed by atoms with Crippen LogP contribution in [0.5, 0.6) is 0 Å². The number of carbonyl (C=O) groups is 1. The molecule has 6 saturated heterocycles. The van der Waals surface area contributed by atoms with Crippen LogP contribution in [0.3, 0.4) is 0 Å². The predicted molar refractivity (Wildman–Crippen MR) is 200 cm³/mol. The predicted octanol–water partition coefficient (Wildman–Crippen LogP) is -14.0. The molecule has 0 bridgehead atoms. The highest BCUT2D eigenvalue weighted by atomic mass is 16.8. The van der Waals surface area contributed by atoms with Gasteiger partial charge in [-0.2, -0.15) is 0 Å². The van der Waals surface area contributed by atoms with Gasteiger partial charge in [0.25, 0.3) is 0 Å². The van der Waals surface area contributed by atoms with E-state index < -0.39 is 223 Å². The minimum Gasteiger partial charge on any atom is -0.479 e. The molecule has 32 nitrogen and oxygen atoms in total. The second-order valence-corrected chi connectivity index (χ2v) is 17.0. The van der Waals surface area contributed by atoms with Crippen LogP contribution in [-0.4, -0.2) is 325 Å². The molecule has 30 unspecified atom stereocenters. The van der Waals surface area contributed by atoms with Crippen LogP contribution in [0.2, 0.25) is 0 Å². The number of ether oxygens (including phenoxy) is 11. The number of hydrogen-bond donors (Lipinski definition) is 20. The van der Waals surface area contributed by atoms with E-state index in [1.54, 1.807) is 0 Å². The lowest BCUT2D eigenvalue weighted by Crippen LogP contribution is -2.63. The maximum absolute atomic E-state index is 11.4. The Balaban J connectivity index is 1.01. The largest absolute Gasteiger partial charge is 0.479 e. The standard InChI is InChI=1S/C36H60O32/c37-11-6(63-31(57)23(49)16(11)42)1-58-32-24(50)17(43)12(38)7(64-32)2-59-33-25(51)18(44)13(39)8(65-33)3-60-34-26(52)19(45)14(40)9(66-34)4-61-35-27(53)20(46)15(41)10(67-35)5-62-36-28(54)21(47)22(48)29(68-36)30(55)56/h6-29,31-54,57H,1-5H2,(H,55,56). The van der Waals surface area contributed by atoms with Crippen molar-refractivity contribution in [3.05, 3.63) is 0 Å². The van der Waals surface area contributed by atoms with E-state index in [0.717, 1.165) is 0 Å². The Bertz CT molecular complexity index is 1590. The van der Waals surface area contributed by atoms with Crippen LogP contribution in [-0.2, 0) is 56.9 Å². The van der Waals surface area contributed by atoms with Crippen molar-refractivity contribution in [2.45, 2.75) is 184 Å². The molecule has 6 aliphatic heterocycles. The van der Waals surface area contributed by atoms with Crippen molar-refractivity contribution in [2.24, 2.45) is 0 Å². The van der Waals surface area contributed by atoms with Crippen LogP contribution in [0.25, 0.3) is 0 Å². The third-order valence-corrected chi connectivity index (χ3v) is 12.3. The summed E-state index contributed by atoms with van der Waals surface area (Å²) in [5, 5.41) is 206. The van der Waals surface area contributed by atoms with E-state index in [0.29, 0.717) is 0 Å². The van der Waals surface area contributed by atoms with Gasteiger partial charge in [-0.3, -0.25) is 0 Å². The Morgan fingerprint density at radius 2 is 0.500 bits per heavy atom. The lowest BCUT2D eigenvalue weighted by atomic mass is 9.97. The van der Waals surface area contributed by atoms with Crippen LogP contribution in [0, 0.1) is 0 Å². The van der Waals surface area contributed by atoms with Crippen LogP contribution >= 0.6 is 0 Å². The third-order valence-electron chi connectivity index (χ3n) is 12.3. The molecule has 0 radical (unpaired) electrons. The zero-order chi connectivity index (χ0) is 50.2. The molecule has 20 N–H and O–H groups in total. The van der Waals surface area contributed by atoms with Gasteiger partial charge in [0.15, 0.2) is 43.8 Å². The van der Waals surface area contributed by atoms with E-state index >= 15 is 0 Å². The van der Waals surface area contributed by atoms with Crippen LogP contribution in [0.1, 0.15) is 0 Å². The van der Waals surface area contributed by atoms with Crippen LogP contribution < -0.4 is 0 Å². The number of carboxylic acid groups (broad SMARTS) is 1. The first-order valence-electron chi connectivity index (χ1n) is 21.1. The van der Waals surface area contributed by atoms with Crippen LogP contribution in [0.4, 0.5) is 0 Å². The number of aliphatic hydroxyl groups excluding tert-OH is 19. The van der Waals surface area contributed by atoms with E-state index in [4.69, 9.17) is 52.1 Å². The van der Waals surface area contributed by atoms with Gasteiger partial charge in [0, 0.05) is 0 Å². The highest BCUT2D eigenvalue weighted by molar-refractivity contribution is 5.73. The summed E-state index contributed by atoms with van der Waals surface area (Å²) in [5.74, 6) is -1.71. The average Bonchev–Trinajstić information content (AvgIpc) is 3.31. The lowest BCUT2D eigenvalue weighted by molar-refractivity contribution is -0.351. The smallest absolute Gasteiger partial charge is 0.335 e. The first-order chi connectivity index (χ1) is 31.9. The summed E-state index contributed by atoms with van der Waals surface area (Å²) in [4.78, 5) is 11.4. The second kappa shape index (κ2) is 23.4. The fraction of sp³-hybridized carbons (Fsp3) is 0.972. The molecule has 30 atom stereocenters. The van der Waals surface area contributed by atoms with Crippen molar-refractivity contribution in [3.63, 3.8) is 0 Å². The Morgan fingerprint density at radius 1 is 0.279 bits per heavy atom. The molecule has 0 amide bonds. The highest BCUT2D eigenvalue weighted by Crippen LogP contribution is 2.31. The van der Waals surface area contributed by atoms with Gasteiger partial charge in [-0.25, -0.2) is 4.79 Å². The quantitative estimate of drug-likeness (QED) is 0.0683. The molecule has 32 heteroatoms. The van der Waals surface area contributed by atoms with E-state index in [1.807, 2.05) is 0 Å². The summed E-state index contributed by atoms with van der Waals surface area (Å²) in [5.41, 5.74) is 0. The summed E-state index contributed by atoms with van der Waals surface area (Å²) < 4.78 is 59.2. The summed E-state index contributed by atoms with van der Waals surface area (Å²) in [6, 6.07) is 0. The van der Waals surface area contributed by atoms with E-state index in [-0.39, 0.29) is 0 Å². The minimum atomic E-state index is -2.05. The molecule has 0 aromatic carbocycles. The molecular formula is C36H60O32. The van der Waals surface area contributed by atoms with Gasteiger partial charge in [-0.05, 0) is 0 Å². The summed E-state index contributed by atoms with van der Waals surface area (Å²) >= 11 is 0. The molecule has 0 aromatic rings. The van der Waals surface area contributed by atoms with E-state index in [1.165, 1.54) is 0 Å². The van der Waals surface area contributed by atoms with Crippen molar-refractivity contribution < 1.29 is 159 Å². The van der Waals surface area contributed by atoms with Crippen molar-refractivity contribution in [1.29, 1.82) is 0 Å². The maximum atomic E-state index is 11.4. The number of hydrogen-bond acceptors (Lipinski definition) is 31. The molecule has 6 heterocycles. The van der Waals surface area contributed by atoms with Gasteiger partial charge in [-0.1, -0.05) is 0 Å². The third kappa shape index (κ3) is 11.9. The van der Waals surface area contributed by atoms with Gasteiger partial charge in [0.1, 0.15) is 140 Å². The summed E-state index contributed by atoms with van der Waals surface area (Å²) in [6.45, 7) is -3.93. The first kappa shape index (κ1) is 55.6. The fourth-order valence-electron chi connectivity index (χ4n) is 7.97. The lowest BCUT2D eigenvalue weighted by Gasteiger charge is -2.44. The van der Waals surface area contributed by atoms with E-state index in [9.17, 15) is 107 Å². The summed E-state index contributed by atoms with van der Waals surface area (Å²) in [6.07, 6.45) is -56.5. The molecule has 0 aromatic heterocycles. The summed E-state index contributed by atoms with van der Waals surface area (Å²) in [7, 11) is 0. The van der Waals surface area contributed by atoms with Gasteiger partial charge in [-0.15, -0.1) is 0 Å². The maximum Gasteiger partial charge on any atom is 0.335 e. The van der Waals surface area contributed by atoms with Crippen LogP contribution in [0.15, 0.2) is 0 Å². The normalized spacial score (nSPS) is 52.7. The van der Waals surface area contributed by atoms with Crippen molar-refractivity contribution >= 4 is 5.97 Å². The van der Waals surface area contributed by atoms with Gasteiger partial charge in [0.05, 0.1) is 33.0 Å². The Morgan fingerprint density at radius 3 is 0.765 bits per heavy atom. The molecule has 0 saturated carbocycles. The number of rotatable bonds is 16. The fourth-order valence-corrected chi connectivity index (χ4v) is 7.97. The van der Waals surface area contributed by atoms with Crippen molar-refractivity contribution in [3.8, 4) is 0 Å². The number of carboxylic acids is 1. The van der Waals surface area contributed by atoms with Gasteiger partial charge < -0.3 is 154 Å². The molecule has 0 spiro atoms. The molecule has 68 heavy (non-hydrogen) atoms. The zero-order valence-electron chi connectivity index (χ0n) is 35.2. The molecular weight excluding hydrogens is 944 g/mol. The topological polar surface area (TPSA) is 523 Å². The van der Waals surface area contributed by atoms with Gasteiger partial charge >= 0.3 is 5.97 Å². The average molecular weight is 1000 g/mol. The van der Waals surface area contributed by atoms with Crippen molar-refractivity contribution in [2.75, 3.05) is 33.0 Å². The number of aliphatic hydroxyl groups is 19.